The lowest BCUT2D eigenvalue weighted by atomic mass is 9.71. The first-order valence-electron chi connectivity index (χ1n) is 7.37. The average molecular weight is 460 g/mol. The Balaban J connectivity index is 2.71. The highest BCUT2D eigenvalue weighted by atomic mass is 19.4. The summed E-state index contributed by atoms with van der Waals surface area (Å²) in [5.41, 5.74) is -9.57. The van der Waals surface area contributed by atoms with Gasteiger partial charge in [-0.25, -0.2) is 4.39 Å². The van der Waals surface area contributed by atoms with Crippen molar-refractivity contribution in [1.82, 2.24) is 0 Å². The van der Waals surface area contributed by atoms with Crippen LogP contribution in [0.15, 0.2) is 18.2 Å². The Bertz CT molecular complexity index is 886. The van der Waals surface area contributed by atoms with Crippen molar-refractivity contribution in [3.05, 3.63) is 33.9 Å². The summed E-state index contributed by atoms with van der Waals surface area (Å²) in [5.74, 6) is -40.6. The predicted molar refractivity (Wildman–Crippen MR) is 75.0 cm³/mol. The molecule has 0 saturated heterocycles. The van der Waals surface area contributed by atoms with Crippen LogP contribution >= 0.6 is 0 Å². The molecule has 0 unspecified atom stereocenters. The molecule has 1 aromatic carbocycles. The predicted octanol–water partition coefficient (Wildman–Crippen LogP) is 4.74. The number of hydrogen-bond acceptors (Lipinski definition) is 3. The second kappa shape index (κ2) is 6.16. The normalized spacial score (nSPS) is 24.7. The first-order valence-corrected chi connectivity index (χ1v) is 7.37. The number of halogens is 11. The number of nitro benzene ring substituents is 1. The van der Waals surface area contributed by atoms with Gasteiger partial charge in [0.1, 0.15) is 0 Å². The minimum Gasteiger partial charge on any atom is -0.322 e. The zero-order valence-corrected chi connectivity index (χ0v) is 14.1. The second-order valence-corrected chi connectivity index (χ2v) is 6.19. The molecule has 1 amide bonds. The van der Waals surface area contributed by atoms with Crippen molar-refractivity contribution in [2.45, 2.75) is 42.2 Å². The SMILES string of the molecule is Cc1c(NC(=O)C2(F)C(F)(F)C(F)(F)C(F)(F)C(F)(F)C2(F)F)cccc1[N+](=O)[O-]. The van der Waals surface area contributed by atoms with Crippen molar-refractivity contribution in [1.29, 1.82) is 0 Å². The van der Waals surface area contributed by atoms with Crippen LogP contribution in [-0.2, 0) is 4.79 Å². The van der Waals surface area contributed by atoms with Crippen molar-refractivity contribution in [2.24, 2.45) is 0 Å². The molecule has 1 fully saturated rings. The van der Waals surface area contributed by atoms with E-state index in [-0.39, 0.29) is 0 Å². The van der Waals surface area contributed by atoms with E-state index in [4.69, 9.17) is 0 Å². The van der Waals surface area contributed by atoms with E-state index in [1.807, 2.05) is 0 Å². The molecule has 1 N–H and O–H groups in total. The zero-order valence-electron chi connectivity index (χ0n) is 14.1. The fraction of sp³-hybridized carbons (Fsp3) is 0.500. The third kappa shape index (κ3) is 2.38. The van der Waals surface area contributed by atoms with Gasteiger partial charge in [0.05, 0.1) is 16.2 Å². The van der Waals surface area contributed by atoms with E-state index in [1.165, 1.54) is 0 Å². The summed E-state index contributed by atoms with van der Waals surface area (Å²) in [6, 6.07) is 2.01. The average Bonchev–Trinajstić information content (AvgIpc) is 2.60. The van der Waals surface area contributed by atoms with Crippen molar-refractivity contribution in [2.75, 3.05) is 5.32 Å². The molecule has 1 aliphatic carbocycles. The van der Waals surface area contributed by atoms with Crippen LogP contribution in [-0.4, -0.2) is 46.1 Å². The highest BCUT2D eigenvalue weighted by molar-refractivity contribution is 6.00. The number of carbonyl (C=O) groups is 1. The Labute approximate surface area is 158 Å². The van der Waals surface area contributed by atoms with Gasteiger partial charge in [-0.05, 0) is 13.0 Å². The molecule has 2 rings (SSSR count). The smallest absolute Gasteiger partial charge is 0.322 e. The van der Waals surface area contributed by atoms with Crippen molar-refractivity contribution in [3.8, 4) is 0 Å². The molecular formula is C14H7F11N2O3. The maximum Gasteiger partial charge on any atom is 0.384 e. The summed E-state index contributed by atoms with van der Waals surface area (Å²) in [6.07, 6.45) is 0. The summed E-state index contributed by atoms with van der Waals surface area (Å²) < 4.78 is 150. The topological polar surface area (TPSA) is 72.2 Å². The molecule has 0 atom stereocenters. The summed E-state index contributed by atoms with van der Waals surface area (Å²) in [6.45, 7) is 0.771. The quantitative estimate of drug-likeness (QED) is 0.403. The van der Waals surface area contributed by atoms with E-state index in [2.05, 4.69) is 0 Å². The summed E-state index contributed by atoms with van der Waals surface area (Å²) in [7, 11) is 0. The molecule has 16 heteroatoms. The van der Waals surface area contributed by atoms with Gasteiger partial charge in [-0.2, -0.15) is 43.9 Å². The van der Waals surface area contributed by atoms with Crippen LogP contribution in [0.1, 0.15) is 5.56 Å². The van der Waals surface area contributed by atoms with E-state index >= 15 is 0 Å². The fourth-order valence-corrected chi connectivity index (χ4v) is 2.67. The highest BCUT2D eigenvalue weighted by Crippen LogP contribution is 2.69. The molecule has 1 saturated carbocycles. The minimum atomic E-state index is -7.45. The number of rotatable bonds is 3. The number of alkyl halides is 11. The van der Waals surface area contributed by atoms with Crippen LogP contribution in [0.25, 0.3) is 0 Å². The lowest BCUT2D eigenvalue weighted by Gasteiger charge is -2.51. The molecule has 5 nitrogen and oxygen atoms in total. The van der Waals surface area contributed by atoms with Crippen LogP contribution < -0.4 is 5.32 Å². The first kappa shape index (κ1) is 23.6. The molecule has 0 aromatic heterocycles. The second-order valence-electron chi connectivity index (χ2n) is 6.19. The van der Waals surface area contributed by atoms with Gasteiger partial charge < -0.3 is 5.32 Å². The van der Waals surface area contributed by atoms with Gasteiger partial charge in [-0.3, -0.25) is 14.9 Å². The van der Waals surface area contributed by atoms with Gasteiger partial charge in [0.25, 0.3) is 11.6 Å². The van der Waals surface area contributed by atoms with Crippen molar-refractivity contribution < 1.29 is 58.0 Å². The van der Waals surface area contributed by atoms with Gasteiger partial charge >= 0.3 is 35.3 Å². The van der Waals surface area contributed by atoms with E-state index in [0.29, 0.717) is 12.1 Å². The third-order valence-corrected chi connectivity index (χ3v) is 4.51. The molecule has 30 heavy (non-hydrogen) atoms. The Morgan fingerprint density at radius 3 is 1.63 bits per heavy atom. The Hall–Kier alpha value is -2.68. The summed E-state index contributed by atoms with van der Waals surface area (Å²) in [4.78, 5) is 21.4. The van der Waals surface area contributed by atoms with Gasteiger partial charge in [0.15, 0.2) is 0 Å². The van der Waals surface area contributed by atoms with Gasteiger partial charge in [-0.15, -0.1) is 0 Å². The number of benzene rings is 1. The molecule has 0 spiro atoms. The number of anilines is 1. The highest BCUT2D eigenvalue weighted by Gasteiger charge is 3.02. The zero-order chi connectivity index (χ0) is 23.7. The maximum atomic E-state index is 14.6. The van der Waals surface area contributed by atoms with Gasteiger partial charge in [-0.1, -0.05) is 6.07 Å². The summed E-state index contributed by atoms with van der Waals surface area (Å²) in [5, 5.41) is 11.6. The van der Waals surface area contributed by atoms with E-state index in [1.54, 1.807) is 0 Å². The third-order valence-electron chi connectivity index (χ3n) is 4.51. The standard InChI is InChI=1S/C14H7F11N2O3/c1-5-6(3-2-4-7(5)27(29)30)26-8(28)9(15)10(16,17)12(20,21)14(24,25)13(22,23)11(9,18)19/h2-4H,1H3,(H,26,28). The summed E-state index contributed by atoms with van der Waals surface area (Å²) >= 11 is 0. The van der Waals surface area contributed by atoms with E-state index < -0.39 is 63.1 Å². The molecule has 1 aromatic rings. The molecule has 0 radical (unpaired) electrons. The number of carbonyl (C=O) groups excluding carboxylic acids is 1. The van der Waals surface area contributed by atoms with E-state index in [0.717, 1.165) is 18.3 Å². The first-order chi connectivity index (χ1) is 13.2. The van der Waals surface area contributed by atoms with Crippen LogP contribution in [0.2, 0.25) is 0 Å². The largest absolute Gasteiger partial charge is 0.384 e. The maximum absolute atomic E-state index is 14.6. The molecule has 0 heterocycles. The molecule has 1 aliphatic rings. The fourth-order valence-electron chi connectivity index (χ4n) is 2.67. The molecule has 168 valence electrons. The minimum absolute atomic E-state index is 0.563. The van der Waals surface area contributed by atoms with Gasteiger partial charge in [0.2, 0.25) is 0 Å². The number of nitrogens with one attached hydrogen (secondary N) is 1. The van der Waals surface area contributed by atoms with Crippen LogP contribution in [0, 0.1) is 17.0 Å². The number of amides is 1. The molecular weight excluding hydrogens is 453 g/mol. The number of hydrogen-bond donors (Lipinski definition) is 1. The molecule has 0 bridgehead atoms. The Morgan fingerprint density at radius 2 is 1.23 bits per heavy atom. The monoisotopic (exact) mass is 460 g/mol. The Morgan fingerprint density at radius 1 is 0.833 bits per heavy atom. The van der Waals surface area contributed by atoms with Crippen molar-refractivity contribution >= 4 is 17.3 Å². The number of nitro groups is 1. The van der Waals surface area contributed by atoms with Crippen LogP contribution in [0.3, 0.4) is 0 Å². The van der Waals surface area contributed by atoms with Crippen molar-refractivity contribution in [3.63, 3.8) is 0 Å². The van der Waals surface area contributed by atoms with Crippen LogP contribution in [0.5, 0.6) is 0 Å². The molecule has 0 aliphatic heterocycles. The van der Waals surface area contributed by atoms with E-state index in [9.17, 15) is 63.2 Å². The number of nitrogens with zero attached hydrogens (tertiary/aromatic N) is 1. The lowest BCUT2D eigenvalue weighted by Crippen LogP contribution is -2.86. The van der Waals surface area contributed by atoms with Crippen LogP contribution in [0.4, 0.5) is 59.7 Å². The lowest BCUT2D eigenvalue weighted by molar-refractivity contribution is -0.475. The Kier molecular flexibility index (Phi) is 4.85. The van der Waals surface area contributed by atoms with Gasteiger partial charge in [0, 0.05) is 6.07 Å².